The van der Waals surface area contributed by atoms with E-state index >= 15 is 0 Å². The number of imidazole rings is 1. The minimum absolute atomic E-state index is 0.330. The van der Waals surface area contributed by atoms with E-state index in [4.69, 9.17) is 5.73 Å². The molecule has 2 rings (SSSR count). The van der Waals surface area contributed by atoms with Crippen LogP contribution < -0.4 is 11.1 Å². The average Bonchev–Trinajstić information content (AvgIpc) is 2.69. The third kappa shape index (κ3) is 2.73. The molecular weight excluding hydrogens is 207 g/mol. The van der Waals surface area contributed by atoms with E-state index in [9.17, 15) is 4.39 Å². The first kappa shape index (κ1) is 10.5. The molecule has 4 nitrogen and oxygen atoms in total. The van der Waals surface area contributed by atoms with Gasteiger partial charge in [0.05, 0.1) is 6.33 Å². The summed E-state index contributed by atoms with van der Waals surface area (Å²) < 4.78 is 13.0. The van der Waals surface area contributed by atoms with E-state index in [0.717, 1.165) is 12.1 Å². The second kappa shape index (κ2) is 4.65. The number of nitrogens with two attached hydrogens (primary N) is 1. The Morgan fingerprint density at radius 3 is 2.94 bits per heavy atom. The van der Waals surface area contributed by atoms with Crippen LogP contribution in [0, 0.1) is 5.82 Å². The second-order valence-electron chi connectivity index (χ2n) is 3.53. The number of anilines is 2. The lowest BCUT2D eigenvalue weighted by molar-refractivity contribution is 0.629. The van der Waals surface area contributed by atoms with E-state index in [1.54, 1.807) is 18.6 Å². The topological polar surface area (TPSA) is 66.7 Å². The van der Waals surface area contributed by atoms with Gasteiger partial charge < -0.3 is 16.0 Å². The smallest absolute Gasteiger partial charge is 0.127 e. The van der Waals surface area contributed by atoms with Crippen molar-refractivity contribution < 1.29 is 4.39 Å². The van der Waals surface area contributed by atoms with Crippen LogP contribution in [0.5, 0.6) is 0 Å². The van der Waals surface area contributed by atoms with Gasteiger partial charge in [-0.2, -0.15) is 0 Å². The Hall–Kier alpha value is -2.04. The first-order valence-corrected chi connectivity index (χ1v) is 5.01. The van der Waals surface area contributed by atoms with Gasteiger partial charge in [-0.25, -0.2) is 9.37 Å². The number of aromatic nitrogens is 2. The number of benzene rings is 1. The highest BCUT2D eigenvalue weighted by Crippen LogP contribution is 2.15. The molecule has 0 aliphatic carbocycles. The van der Waals surface area contributed by atoms with E-state index in [-0.39, 0.29) is 5.82 Å². The Kier molecular flexibility index (Phi) is 3.05. The lowest BCUT2D eigenvalue weighted by Crippen LogP contribution is -2.05. The third-order valence-corrected chi connectivity index (χ3v) is 2.20. The Bertz CT molecular complexity index is 433. The monoisotopic (exact) mass is 220 g/mol. The van der Waals surface area contributed by atoms with Crippen molar-refractivity contribution in [2.24, 2.45) is 0 Å². The second-order valence-corrected chi connectivity index (χ2v) is 3.53. The molecule has 0 fully saturated rings. The summed E-state index contributed by atoms with van der Waals surface area (Å²) in [6, 6.07) is 4.42. The first-order chi connectivity index (χ1) is 7.74. The van der Waals surface area contributed by atoms with Crippen LogP contribution in [0.3, 0.4) is 0 Å². The molecule has 1 heterocycles. The van der Waals surface area contributed by atoms with Crippen LogP contribution in [0.1, 0.15) is 5.69 Å². The highest BCUT2D eigenvalue weighted by molar-refractivity contribution is 5.54. The predicted octanol–water partition coefficient (Wildman–Crippen LogP) is 1.79. The fraction of sp³-hybridized carbons (Fsp3) is 0.182. The molecule has 0 saturated carbocycles. The number of halogens is 1. The predicted molar refractivity (Wildman–Crippen MR) is 61.6 cm³/mol. The number of H-pyrrole nitrogens is 1. The quantitative estimate of drug-likeness (QED) is 0.688. The molecule has 1 aromatic carbocycles. The van der Waals surface area contributed by atoms with Crippen LogP contribution in [0.4, 0.5) is 15.8 Å². The number of hydrogen-bond acceptors (Lipinski definition) is 3. The number of nitrogens with one attached hydrogen (secondary N) is 2. The van der Waals surface area contributed by atoms with Crippen molar-refractivity contribution >= 4 is 11.4 Å². The normalized spacial score (nSPS) is 10.3. The number of nitrogen functional groups attached to an aromatic ring is 1. The largest absolute Gasteiger partial charge is 0.399 e. The fourth-order valence-electron chi connectivity index (χ4n) is 1.48. The highest BCUT2D eigenvalue weighted by Gasteiger charge is 1.98. The van der Waals surface area contributed by atoms with Gasteiger partial charge in [0.15, 0.2) is 0 Å². The molecule has 0 atom stereocenters. The van der Waals surface area contributed by atoms with Gasteiger partial charge in [-0.05, 0) is 18.2 Å². The maximum atomic E-state index is 13.0. The summed E-state index contributed by atoms with van der Waals surface area (Å²) in [6.07, 6.45) is 4.20. The van der Waals surface area contributed by atoms with Crippen molar-refractivity contribution in [3.8, 4) is 0 Å². The molecule has 0 aliphatic rings. The zero-order chi connectivity index (χ0) is 11.4. The molecule has 2 aromatic rings. The third-order valence-electron chi connectivity index (χ3n) is 2.20. The van der Waals surface area contributed by atoms with Crippen molar-refractivity contribution in [1.82, 2.24) is 9.97 Å². The highest BCUT2D eigenvalue weighted by atomic mass is 19.1. The van der Waals surface area contributed by atoms with Crippen molar-refractivity contribution in [2.45, 2.75) is 6.42 Å². The number of hydrogen-bond donors (Lipinski definition) is 3. The number of rotatable bonds is 4. The SMILES string of the molecule is Nc1cc(F)cc(NCCc2cnc[nH]2)c1. The average molecular weight is 220 g/mol. The zero-order valence-electron chi connectivity index (χ0n) is 8.70. The molecule has 4 N–H and O–H groups in total. The van der Waals surface area contributed by atoms with Gasteiger partial charge in [0.25, 0.3) is 0 Å². The molecule has 0 amide bonds. The van der Waals surface area contributed by atoms with Crippen molar-refractivity contribution in [3.63, 3.8) is 0 Å². The maximum absolute atomic E-state index is 13.0. The molecule has 0 saturated heterocycles. The van der Waals surface area contributed by atoms with Crippen LogP contribution in [0.2, 0.25) is 0 Å². The molecule has 1 aromatic heterocycles. The number of aromatic amines is 1. The van der Waals surface area contributed by atoms with E-state index < -0.39 is 0 Å². The standard InChI is InChI=1S/C11H13FN4/c12-8-3-9(13)5-11(4-8)15-2-1-10-6-14-7-16-10/h3-7,15H,1-2,13H2,(H,14,16). The Morgan fingerprint density at radius 1 is 1.38 bits per heavy atom. The van der Waals surface area contributed by atoms with Gasteiger partial charge in [-0.3, -0.25) is 0 Å². The Balaban J connectivity index is 1.89. The molecule has 0 unspecified atom stereocenters. The van der Waals surface area contributed by atoms with Gasteiger partial charge in [-0.1, -0.05) is 0 Å². The summed E-state index contributed by atoms with van der Waals surface area (Å²) in [7, 11) is 0. The molecule has 16 heavy (non-hydrogen) atoms. The van der Waals surface area contributed by atoms with E-state index in [0.29, 0.717) is 17.9 Å². The Labute approximate surface area is 92.7 Å². The summed E-state index contributed by atoms with van der Waals surface area (Å²) >= 11 is 0. The van der Waals surface area contributed by atoms with Gasteiger partial charge >= 0.3 is 0 Å². The molecule has 0 aliphatic heterocycles. The lowest BCUT2D eigenvalue weighted by atomic mass is 10.2. The molecule has 0 spiro atoms. The summed E-state index contributed by atoms with van der Waals surface area (Å²) in [5.41, 5.74) is 7.68. The number of nitrogens with zero attached hydrogens (tertiary/aromatic N) is 1. The van der Waals surface area contributed by atoms with Crippen LogP contribution in [0.25, 0.3) is 0 Å². The van der Waals surface area contributed by atoms with Gasteiger partial charge in [0.1, 0.15) is 5.82 Å². The molecule has 0 radical (unpaired) electrons. The van der Waals surface area contributed by atoms with Gasteiger partial charge in [0, 0.05) is 36.2 Å². The van der Waals surface area contributed by atoms with Crippen LogP contribution in [0.15, 0.2) is 30.7 Å². The Morgan fingerprint density at radius 2 is 2.25 bits per heavy atom. The summed E-state index contributed by atoms with van der Waals surface area (Å²) in [5, 5.41) is 3.10. The van der Waals surface area contributed by atoms with Crippen molar-refractivity contribution in [1.29, 1.82) is 0 Å². The summed E-state index contributed by atoms with van der Waals surface area (Å²) in [6.45, 7) is 0.699. The van der Waals surface area contributed by atoms with Crippen molar-refractivity contribution in [2.75, 3.05) is 17.6 Å². The van der Waals surface area contributed by atoms with Crippen LogP contribution >= 0.6 is 0 Å². The van der Waals surface area contributed by atoms with E-state index in [1.165, 1.54) is 12.1 Å². The minimum Gasteiger partial charge on any atom is -0.399 e. The zero-order valence-corrected chi connectivity index (χ0v) is 8.70. The maximum Gasteiger partial charge on any atom is 0.127 e. The van der Waals surface area contributed by atoms with Crippen LogP contribution in [-0.2, 0) is 6.42 Å². The summed E-state index contributed by atoms with van der Waals surface area (Å²) in [5.74, 6) is -0.330. The van der Waals surface area contributed by atoms with E-state index in [1.807, 2.05) is 0 Å². The minimum atomic E-state index is -0.330. The van der Waals surface area contributed by atoms with Crippen molar-refractivity contribution in [3.05, 3.63) is 42.2 Å². The first-order valence-electron chi connectivity index (χ1n) is 5.01. The summed E-state index contributed by atoms with van der Waals surface area (Å²) in [4.78, 5) is 6.91. The molecule has 5 heteroatoms. The molecule has 84 valence electrons. The van der Waals surface area contributed by atoms with Gasteiger partial charge in [0.2, 0.25) is 0 Å². The lowest BCUT2D eigenvalue weighted by Gasteiger charge is -2.06. The fourth-order valence-corrected chi connectivity index (χ4v) is 1.48. The van der Waals surface area contributed by atoms with E-state index in [2.05, 4.69) is 15.3 Å². The molecular formula is C11H13FN4. The van der Waals surface area contributed by atoms with Gasteiger partial charge in [-0.15, -0.1) is 0 Å². The molecule has 0 bridgehead atoms. The van der Waals surface area contributed by atoms with Crippen LogP contribution in [-0.4, -0.2) is 16.5 Å².